The molecule has 3 aromatic rings. The molecule has 0 atom stereocenters. The number of hydrogen-bond donors (Lipinski definition) is 2. The van der Waals surface area contributed by atoms with Crippen molar-refractivity contribution in [2.45, 2.75) is 6.54 Å². The summed E-state index contributed by atoms with van der Waals surface area (Å²) < 4.78 is 10.4. The maximum atomic E-state index is 12.8. The first-order valence-corrected chi connectivity index (χ1v) is 9.82. The van der Waals surface area contributed by atoms with Gasteiger partial charge in [-0.15, -0.1) is 0 Å². The van der Waals surface area contributed by atoms with Gasteiger partial charge in [-0.05, 0) is 42.0 Å². The topological polar surface area (TPSA) is 92.8 Å². The lowest BCUT2D eigenvalue weighted by Crippen LogP contribution is -2.41. The van der Waals surface area contributed by atoms with Gasteiger partial charge in [-0.3, -0.25) is 4.90 Å². The van der Waals surface area contributed by atoms with Gasteiger partial charge in [0, 0.05) is 12.2 Å². The molecule has 0 spiro atoms. The van der Waals surface area contributed by atoms with Crippen LogP contribution in [0.4, 0.5) is 22.1 Å². The Bertz CT molecular complexity index is 1070. The smallest absolute Gasteiger partial charge is 0.337 e. The number of carbonyl (C=O) groups is 2. The minimum absolute atomic E-state index is 0.265. The number of benzene rings is 2. The molecule has 0 saturated carbocycles. The molecule has 158 valence electrons. The molecule has 31 heavy (non-hydrogen) atoms. The summed E-state index contributed by atoms with van der Waals surface area (Å²) in [5.41, 5.74) is 2.18. The van der Waals surface area contributed by atoms with E-state index < -0.39 is 0 Å². The fraction of sp³-hybridized carbons (Fsp3) is 0.174. The first-order chi connectivity index (χ1) is 15.1. The molecule has 0 aliphatic carbocycles. The van der Waals surface area contributed by atoms with Crippen molar-refractivity contribution in [3.63, 3.8) is 0 Å². The van der Waals surface area contributed by atoms with Crippen LogP contribution in [-0.4, -0.2) is 37.2 Å². The van der Waals surface area contributed by atoms with Crippen LogP contribution in [0.2, 0.25) is 0 Å². The number of urea groups is 1. The van der Waals surface area contributed by atoms with E-state index in [0.29, 0.717) is 48.3 Å². The van der Waals surface area contributed by atoms with Gasteiger partial charge >= 0.3 is 12.0 Å². The summed E-state index contributed by atoms with van der Waals surface area (Å²) >= 11 is 0. The van der Waals surface area contributed by atoms with E-state index in [4.69, 9.17) is 9.47 Å². The number of ether oxygens (including phenoxy) is 2. The Kier molecular flexibility index (Phi) is 5.98. The molecule has 0 fully saturated rings. The van der Waals surface area contributed by atoms with Crippen molar-refractivity contribution in [3.8, 4) is 5.75 Å². The zero-order valence-electron chi connectivity index (χ0n) is 17.0. The van der Waals surface area contributed by atoms with Crippen molar-refractivity contribution < 1.29 is 19.1 Å². The van der Waals surface area contributed by atoms with Crippen LogP contribution in [0.5, 0.6) is 5.75 Å². The van der Waals surface area contributed by atoms with Gasteiger partial charge in [0.15, 0.2) is 11.6 Å². The second-order valence-corrected chi connectivity index (χ2v) is 6.86. The highest BCUT2D eigenvalue weighted by molar-refractivity contribution is 6.02. The summed E-state index contributed by atoms with van der Waals surface area (Å²) in [5.74, 6) is 1.26. The Hall–Kier alpha value is -4.07. The number of amides is 2. The number of nitrogens with zero attached hydrogens (tertiary/aromatic N) is 2. The van der Waals surface area contributed by atoms with Gasteiger partial charge in [0.2, 0.25) is 0 Å². The molecule has 0 unspecified atom stereocenters. The SMILES string of the molecule is COC(=O)c1ccc(CNc2ccc3c(n2)N(C(=O)Nc2ccccc2)CCO3)cc1. The number of fused-ring (bicyclic) bond motifs is 1. The average Bonchev–Trinajstić information content (AvgIpc) is 2.82. The van der Waals surface area contributed by atoms with E-state index >= 15 is 0 Å². The summed E-state index contributed by atoms with van der Waals surface area (Å²) in [6, 6.07) is 19.7. The predicted octanol–water partition coefficient (Wildman–Crippen LogP) is 3.91. The number of anilines is 3. The molecule has 1 aliphatic rings. The van der Waals surface area contributed by atoms with Crippen LogP contribution in [0.15, 0.2) is 66.7 Å². The number of esters is 1. The first-order valence-electron chi connectivity index (χ1n) is 9.82. The number of aromatic nitrogens is 1. The van der Waals surface area contributed by atoms with Crippen molar-refractivity contribution >= 4 is 29.3 Å². The second-order valence-electron chi connectivity index (χ2n) is 6.86. The Morgan fingerprint density at radius 3 is 2.58 bits per heavy atom. The highest BCUT2D eigenvalue weighted by atomic mass is 16.5. The minimum Gasteiger partial charge on any atom is -0.488 e. The summed E-state index contributed by atoms with van der Waals surface area (Å²) in [6.45, 7) is 1.30. The normalized spacial score (nSPS) is 12.4. The van der Waals surface area contributed by atoms with E-state index in [1.165, 1.54) is 7.11 Å². The summed E-state index contributed by atoms with van der Waals surface area (Å²) in [4.78, 5) is 30.5. The van der Waals surface area contributed by atoms with Crippen molar-refractivity contribution in [1.82, 2.24) is 4.98 Å². The Morgan fingerprint density at radius 2 is 1.84 bits per heavy atom. The van der Waals surface area contributed by atoms with E-state index in [-0.39, 0.29) is 12.0 Å². The third-order valence-corrected chi connectivity index (χ3v) is 4.79. The van der Waals surface area contributed by atoms with Crippen LogP contribution in [-0.2, 0) is 11.3 Å². The second kappa shape index (κ2) is 9.17. The molecule has 8 heteroatoms. The largest absolute Gasteiger partial charge is 0.488 e. The number of methoxy groups -OCH3 is 1. The Balaban J connectivity index is 1.46. The molecular formula is C23H22N4O4. The first kappa shape index (κ1) is 20.2. The van der Waals surface area contributed by atoms with Crippen LogP contribution in [0.1, 0.15) is 15.9 Å². The maximum absolute atomic E-state index is 12.8. The molecule has 0 bridgehead atoms. The average molecular weight is 418 g/mol. The number of hydrogen-bond acceptors (Lipinski definition) is 6. The zero-order valence-corrected chi connectivity index (χ0v) is 17.0. The Morgan fingerprint density at radius 1 is 1.06 bits per heavy atom. The maximum Gasteiger partial charge on any atom is 0.337 e. The Labute approximate surface area is 179 Å². The summed E-state index contributed by atoms with van der Waals surface area (Å²) in [7, 11) is 1.35. The van der Waals surface area contributed by atoms with E-state index in [1.54, 1.807) is 29.2 Å². The van der Waals surface area contributed by atoms with Crippen LogP contribution >= 0.6 is 0 Å². The van der Waals surface area contributed by atoms with Gasteiger partial charge in [0.1, 0.15) is 12.4 Å². The molecule has 8 nitrogen and oxygen atoms in total. The molecule has 2 heterocycles. The van der Waals surface area contributed by atoms with Crippen molar-refractivity contribution in [2.24, 2.45) is 0 Å². The third kappa shape index (κ3) is 4.75. The summed E-state index contributed by atoms with van der Waals surface area (Å²) in [6.07, 6.45) is 0. The molecule has 4 rings (SSSR count). The molecule has 0 radical (unpaired) electrons. The number of rotatable bonds is 5. The molecule has 2 N–H and O–H groups in total. The van der Waals surface area contributed by atoms with Crippen molar-refractivity contribution in [2.75, 3.05) is 35.8 Å². The number of nitrogens with one attached hydrogen (secondary N) is 2. The lowest BCUT2D eigenvalue weighted by Gasteiger charge is -2.28. The van der Waals surface area contributed by atoms with Crippen molar-refractivity contribution in [1.29, 1.82) is 0 Å². The van der Waals surface area contributed by atoms with Crippen LogP contribution in [0.25, 0.3) is 0 Å². The summed E-state index contributed by atoms with van der Waals surface area (Å²) in [5, 5.41) is 6.12. The highest BCUT2D eigenvalue weighted by Crippen LogP contribution is 2.31. The predicted molar refractivity (Wildman–Crippen MR) is 118 cm³/mol. The van der Waals surface area contributed by atoms with E-state index in [0.717, 1.165) is 5.56 Å². The number of para-hydroxylation sites is 1. The molecule has 1 aromatic heterocycles. The van der Waals surface area contributed by atoms with Gasteiger partial charge < -0.3 is 20.1 Å². The van der Waals surface area contributed by atoms with Crippen molar-refractivity contribution in [3.05, 3.63) is 77.9 Å². The van der Waals surface area contributed by atoms with Crippen LogP contribution < -0.4 is 20.3 Å². The van der Waals surface area contributed by atoms with Gasteiger partial charge in [0.05, 0.1) is 19.2 Å². The minimum atomic E-state index is -0.371. The van der Waals surface area contributed by atoms with Gasteiger partial charge in [-0.2, -0.15) is 0 Å². The van der Waals surface area contributed by atoms with Gasteiger partial charge in [0.25, 0.3) is 0 Å². The molecule has 2 amide bonds. The van der Waals surface area contributed by atoms with Gasteiger partial charge in [-0.1, -0.05) is 30.3 Å². The van der Waals surface area contributed by atoms with E-state index in [1.807, 2.05) is 42.5 Å². The quantitative estimate of drug-likeness (QED) is 0.611. The number of pyridine rings is 1. The molecule has 0 saturated heterocycles. The van der Waals surface area contributed by atoms with Crippen LogP contribution in [0, 0.1) is 0 Å². The fourth-order valence-electron chi connectivity index (χ4n) is 3.17. The lowest BCUT2D eigenvalue weighted by molar-refractivity contribution is 0.0600. The van der Waals surface area contributed by atoms with E-state index in [2.05, 4.69) is 15.6 Å². The third-order valence-electron chi connectivity index (χ3n) is 4.79. The van der Waals surface area contributed by atoms with Gasteiger partial charge in [-0.25, -0.2) is 14.6 Å². The van der Waals surface area contributed by atoms with Crippen LogP contribution in [0.3, 0.4) is 0 Å². The zero-order chi connectivity index (χ0) is 21.6. The van der Waals surface area contributed by atoms with E-state index in [9.17, 15) is 9.59 Å². The standard InChI is InChI=1S/C23H22N4O4/c1-30-22(28)17-9-7-16(8-10-17)15-24-20-12-11-19-21(26-20)27(13-14-31-19)23(29)25-18-5-3-2-4-6-18/h2-12H,13-15H2,1H3,(H,24,26)(H,25,29). The lowest BCUT2D eigenvalue weighted by atomic mass is 10.1. The molecular weight excluding hydrogens is 396 g/mol. The monoisotopic (exact) mass is 418 g/mol. The molecule has 2 aromatic carbocycles. The fourth-order valence-corrected chi connectivity index (χ4v) is 3.17. The number of carbonyl (C=O) groups excluding carboxylic acids is 2. The highest BCUT2D eigenvalue weighted by Gasteiger charge is 2.25. The molecule has 1 aliphatic heterocycles.